The van der Waals surface area contributed by atoms with Crippen molar-refractivity contribution in [3.05, 3.63) is 124 Å². The monoisotopic (exact) mass is 640 g/mol. The van der Waals surface area contributed by atoms with Gasteiger partial charge < -0.3 is 25.3 Å². The van der Waals surface area contributed by atoms with E-state index in [1.165, 1.54) is 5.56 Å². The SMILES string of the molecule is CNC(=O)[C@H](Cc1ccc(Cl)cc1)NC(=O)c1cccc2c1OCCC2NCc1cncn1Cc1ccc(-c2cncs2)cc1. The van der Waals surface area contributed by atoms with Gasteiger partial charge in [-0.3, -0.25) is 14.6 Å². The third-order valence-corrected chi connectivity index (χ3v) is 8.97. The summed E-state index contributed by atoms with van der Waals surface area (Å²) in [4.78, 5) is 35.9. The minimum Gasteiger partial charge on any atom is -0.492 e. The van der Waals surface area contributed by atoms with Crippen molar-refractivity contribution in [1.29, 1.82) is 0 Å². The highest BCUT2D eigenvalue weighted by atomic mass is 35.5. The Labute approximate surface area is 270 Å². The molecule has 1 unspecified atom stereocenters. The molecule has 3 heterocycles. The van der Waals surface area contributed by atoms with Gasteiger partial charge in [0.1, 0.15) is 11.8 Å². The van der Waals surface area contributed by atoms with E-state index in [2.05, 4.69) is 54.8 Å². The molecule has 2 amide bonds. The number of amides is 2. The van der Waals surface area contributed by atoms with E-state index >= 15 is 0 Å². The van der Waals surface area contributed by atoms with Gasteiger partial charge in [-0.05, 0) is 34.9 Å². The molecule has 3 N–H and O–H groups in total. The maximum absolute atomic E-state index is 13.5. The first-order chi connectivity index (χ1) is 22.0. The average Bonchev–Trinajstić information content (AvgIpc) is 3.77. The van der Waals surface area contributed by atoms with Crippen molar-refractivity contribution in [2.24, 2.45) is 0 Å². The predicted octanol–water partition coefficient (Wildman–Crippen LogP) is 5.41. The molecule has 0 saturated carbocycles. The molecule has 0 spiro atoms. The van der Waals surface area contributed by atoms with E-state index in [1.54, 1.807) is 36.6 Å². The molecule has 2 aromatic heterocycles. The molecule has 0 saturated heterocycles. The largest absolute Gasteiger partial charge is 0.492 e. The van der Waals surface area contributed by atoms with Crippen molar-refractivity contribution in [3.63, 3.8) is 0 Å². The lowest BCUT2D eigenvalue weighted by Gasteiger charge is -2.28. The van der Waals surface area contributed by atoms with Crippen LogP contribution in [-0.2, 0) is 24.3 Å². The second kappa shape index (κ2) is 14.1. The van der Waals surface area contributed by atoms with Gasteiger partial charge in [-0.25, -0.2) is 4.98 Å². The number of nitrogens with zero attached hydrogens (tertiary/aromatic N) is 3. The molecule has 1 aliphatic rings. The molecule has 230 valence electrons. The fourth-order valence-corrected chi connectivity index (χ4v) is 6.24. The van der Waals surface area contributed by atoms with Crippen LogP contribution >= 0.6 is 22.9 Å². The highest BCUT2D eigenvalue weighted by molar-refractivity contribution is 7.13. The van der Waals surface area contributed by atoms with Gasteiger partial charge in [-0.1, -0.05) is 60.1 Å². The number of carbonyl (C=O) groups is 2. The average molecular weight is 641 g/mol. The Balaban J connectivity index is 1.12. The third kappa shape index (κ3) is 7.25. The Morgan fingerprint density at radius 1 is 1.04 bits per heavy atom. The smallest absolute Gasteiger partial charge is 0.255 e. The second-order valence-electron chi connectivity index (χ2n) is 10.8. The number of thiazole rings is 1. The van der Waals surface area contributed by atoms with Gasteiger partial charge in [0.15, 0.2) is 0 Å². The number of imidazole rings is 1. The summed E-state index contributed by atoms with van der Waals surface area (Å²) in [5.41, 5.74) is 7.43. The summed E-state index contributed by atoms with van der Waals surface area (Å²) in [6.07, 6.45) is 6.69. The van der Waals surface area contributed by atoms with Crippen LogP contribution in [0.25, 0.3) is 10.4 Å². The lowest BCUT2D eigenvalue weighted by Crippen LogP contribution is -2.47. The van der Waals surface area contributed by atoms with Crippen LogP contribution in [0.5, 0.6) is 5.75 Å². The second-order valence-corrected chi connectivity index (χ2v) is 12.2. The van der Waals surface area contributed by atoms with Crippen molar-refractivity contribution in [2.45, 2.75) is 38.0 Å². The summed E-state index contributed by atoms with van der Waals surface area (Å²) in [5.74, 6) is -0.110. The molecule has 5 aromatic rings. The molecule has 6 rings (SSSR count). The fraction of sp³-hybridized carbons (Fsp3) is 0.235. The van der Waals surface area contributed by atoms with Gasteiger partial charge >= 0.3 is 0 Å². The van der Waals surface area contributed by atoms with Crippen molar-refractivity contribution in [1.82, 2.24) is 30.5 Å². The van der Waals surface area contributed by atoms with Crippen LogP contribution in [0.15, 0.2) is 91.0 Å². The number of nitrogens with one attached hydrogen (secondary N) is 3. The molecular weight excluding hydrogens is 608 g/mol. The molecule has 11 heteroatoms. The van der Waals surface area contributed by atoms with Crippen molar-refractivity contribution in [2.75, 3.05) is 13.7 Å². The molecule has 0 fully saturated rings. The summed E-state index contributed by atoms with van der Waals surface area (Å²) >= 11 is 7.65. The Bertz CT molecular complexity index is 1760. The number of aromatic nitrogens is 3. The molecular formula is C34H33ClN6O3S. The van der Waals surface area contributed by atoms with Crippen LogP contribution in [0.4, 0.5) is 0 Å². The molecule has 45 heavy (non-hydrogen) atoms. The maximum atomic E-state index is 13.5. The van der Waals surface area contributed by atoms with Gasteiger partial charge in [0.05, 0.1) is 34.6 Å². The first-order valence-corrected chi connectivity index (χ1v) is 16.0. The maximum Gasteiger partial charge on any atom is 0.255 e. The Morgan fingerprint density at radius 3 is 2.60 bits per heavy atom. The third-order valence-electron chi connectivity index (χ3n) is 7.89. The molecule has 0 radical (unpaired) electrons. The van der Waals surface area contributed by atoms with Crippen molar-refractivity contribution < 1.29 is 14.3 Å². The van der Waals surface area contributed by atoms with E-state index in [-0.39, 0.29) is 17.9 Å². The van der Waals surface area contributed by atoms with Gasteiger partial charge in [-0.2, -0.15) is 0 Å². The molecule has 0 bridgehead atoms. The zero-order valence-electron chi connectivity index (χ0n) is 24.7. The summed E-state index contributed by atoms with van der Waals surface area (Å²) < 4.78 is 8.18. The minimum atomic E-state index is -0.763. The summed E-state index contributed by atoms with van der Waals surface area (Å²) in [7, 11) is 1.55. The first kappa shape index (κ1) is 30.5. The lowest BCUT2D eigenvalue weighted by atomic mass is 9.96. The number of fused-ring (bicyclic) bond motifs is 1. The molecule has 2 atom stereocenters. The number of rotatable bonds is 11. The zero-order chi connectivity index (χ0) is 31.2. The number of likely N-dealkylation sites (N-methyl/N-ethyl adjacent to an activating group) is 1. The van der Waals surface area contributed by atoms with Crippen LogP contribution in [0.2, 0.25) is 5.02 Å². The van der Waals surface area contributed by atoms with Gasteiger partial charge in [-0.15, -0.1) is 11.3 Å². The predicted molar refractivity (Wildman–Crippen MR) is 175 cm³/mol. The fourth-order valence-electron chi connectivity index (χ4n) is 5.49. The van der Waals surface area contributed by atoms with E-state index in [9.17, 15) is 9.59 Å². The normalized spacial score (nSPS) is 14.7. The molecule has 1 aliphatic heterocycles. The number of ether oxygens (including phenoxy) is 1. The van der Waals surface area contributed by atoms with E-state index in [0.29, 0.717) is 42.5 Å². The van der Waals surface area contributed by atoms with E-state index in [1.807, 2.05) is 48.5 Å². The Morgan fingerprint density at radius 2 is 1.84 bits per heavy atom. The highest BCUT2D eigenvalue weighted by Crippen LogP contribution is 2.35. The number of para-hydroxylation sites is 1. The topological polar surface area (TPSA) is 110 Å². The van der Waals surface area contributed by atoms with Crippen LogP contribution in [0.1, 0.15) is 45.2 Å². The Kier molecular flexibility index (Phi) is 9.54. The quantitative estimate of drug-likeness (QED) is 0.178. The number of carbonyl (C=O) groups excluding carboxylic acids is 2. The van der Waals surface area contributed by atoms with Gasteiger partial charge in [0.2, 0.25) is 5.91 Å². The Hall–Kier alpha value is -4.51. The molecule has 0 aliphatic carbocycles. The lowest BCUT2D eigenvalue weighted by molar-refractivity contribution is -0.122. The van der Waals surface area contributed by atoms with E-state index < -0.39 is 6.04 Å². The van der Waals surface area contributed by atoms with Crippen LogP contribution in [-0.4, -0.2) is 46.0 Å². The van der Waals surface area contributed by atoms with Crippen molar-refractivity contribution >= 4 is 34.8 Å². The number of benzene rings is 3. The van der Waals surface area contributed by atoms with Crippen LogP contribution in [0.3, 0.4) is 0 Å². The minimum absolute atomic E-state index is 0.0210. The summed E-state index contributed by atoms with van der Waals surface area (Å²) in [6, 6.07) is 20.5. The van der Waals surface area contributed by atoms with Crippen molar-refractivity contribution in [3.8, 4) is 16.2 Å². The summed E-state index contributed by atoms with van der Waals surface area (Å²) in [6.45, 7) is 1.76. The van der Waals surface area contributed by atoms with Crippen LogP contribution < -0.4 is 20.7 Å². The number of halogens is 1. The van der Waals surface area contributed by atoms with Gasteiger partial charge in [0.25, 0.3) is 5.91 Å². The number of hydrogen-bond donors (Lipinski definition) is 3. The zero-order valence-corrected chi connectivity index (χ0v) is 26.3. The van der Waals surface area contributed by atoms with E-state index in [0.717, 1.165) is 33.7 Å². The highest BCUT2D eigenvalue weighted by Gasteiger charge is 2.28. The van der Waals surface area contributed by atoms with Crippen LogP contribution in [0, 0.1) is 0 Å². The first-order valence-electron chi connectivity index (χ1n) is 14.7. The molecule has 3 aromatic carbocycles. The summed E-state index contributed by atoms with van der Waals surface area (Å²) in [5, 5.41) is 9.82. The van der Waals surface area contributed by atoms with Gasteiger partial charge in [0, 0.05) is 62.0 Å². The number of hydrogen-bond acceptors (Lipinski definition) is 7. The standard InChI is InChI=1S/C34H33ClN6O3S/c1-36-34(43)30(15-22-7-11-25(35)12-8-22)40-33(42)28-4-2-3-27-29(13-14-44-32(27)28)39-17-26-16-37-20-41(26)19-23-5-9-24(10-6-23)31-18-38-21-45-31/h2-12,16,18,20-21,29-30,39H,13-15,17,19H2,1H3,(H,36,43)(H,40,42)/t29?,30-/m0/s1. The van der Waals surface area contributed by atoms with E-state index in [4.69, 9.17) is 16.3 Å². The molecule has 9 nitrogen and oxygen atoms in total.